The molecule has 5 rings (SSSR count). The van der Waals surface area contributed by atoms with Gasteiger partial charge in [0.05, 0.1) is 11.6 Å². The van der Waals surface area contributed by atoms with Crippen LogP contribution >= 0.6 is 23.2 Å². The molecule has 0 saturated heterocycles. The number of ether oxygens (including phenoxy) is 2. The van der Waals surface area contributed by atoms with Crippen LogP contribution < -0.4 is 4.74 Å². The van der Waals surface area contributed by atoms with E-state index < -0.39 is 5.97 Å². The molecule has 176 valence electrons. The van der Waals surface area contributed by atoms with Crippen molar-refractivity contribution in [2.45, 2.75) is 20.4 Å². The third-order valence-electron chi connectivity index (χ3n) is 5.92. The monoisotopic (exact) mass is 504 g/mol. The molecule has 4 aromatic rings. The van der Waals surface area contributed by atoms with E-state index in [0.717, 1.165) is 33.3 Å². The van der Waals surface area contributed by atoms with E-state index in [-0.39, 0.29) is 5.70 Å². The SMILES string of the molecule is Cc1ccc2c(c1)c(C=C1N=C(c3ccccc3)OC1=O)c(C)n2CCOc1cc(Cl)ccc1Cl. The highest BCUT2D eigenvalue weighted by atomic mass is 35.5. The fraction of sp³-hybridized carbons (Fsp3) is 0.143. The molecule has 1 aliphatic heterocycles. The van der Waals surface area contributed by atoms with E-state index in [2.05, 4.69) is 27.8 Å². The van der Waals surface area contributed by atoms with Gasteiger partial charge in [0.1, 0.15) is 12.4 Å². The summed E-state index contributed by atoms with van der Waals surface area (Å²) in [4.78, 5) is 17.1. The maximum absolute atomic E-state index is 12.6. The molecular formula is C28H22Cl2N2O3. The molecule has 1 aromatic heterocycles. The summed E-state index contributed by atoms with van der Waals surface area (Å²) in [6.45, 7) is 5.05. The van der Waals surface area contributed by atoms with Crippen LogP contribution in [0.15, 0.2) is 77.4 Å². The predicted octanol–water partition coefficient (Wildman–Crippen LogP) is 6.99. The first kappa shape index (κ1) is 23.2. The Kier molecular flexibility index (Phi) is 6.37. The average molecular weight is 505 g/mol. The van der Waals surface area contributed by atoms with Gasteiger partial charge in [0, 0.05) is 38.8 Å². The highest BCUT2D eigenvalue weighted by Gasteiger charge is 2.25. The first-order valence-corrected chi connectivity index (χ1v) is 11.9. The van der Waals surface area contributed by atoms with E-state index in [0.29, 0.717) is 34.8 Å². The lowest BCUT2D eigenvalue weighted by atomic mass is 10.1. The first-order valence-electron chi connectivity index (χ1n) is 11.2. The van der Waals surface area contributed by atoms with Crippen LogP contribution in [0.3, 0.4) is 0 Å². The molecule has 0 aliphatic carbocycles. The molecule has 0 spiro atoms. The number of aryl methyl sites for hydroxylation is 1. The molecule has 0 fully saturated rings. The van der Waals surface area contributed by atoms with Crippen molar-refractivity contribution in [3.8, 4) is 5.75 Å². The lowest BCUT2D eigenvalue weighted by Gasteiger charge is -2.12. The number of fused-ring (bicyclic) bond motifs is 1. The normalized spacial score (nSPS) is 14.5. The van der Waals surface area contributed by atoms with E-state index >= 15 is 0 Å². The maximum Gasteiger partial charge on any atom is 0.363 e. The highest BCUT2D eigenvalue weighted by Crippen LogP contribution is 2.31. The van der Waals surface area contributed by atoms with Crippen molar-refractivity contribution < 1.29 is 14.3 Å². The number of halogens is 2. The zero-order valence-electron chi connectivity index (χ0n) is 19.2. The van der Waals surface area contributed by atoms with E-state index in [1.807, 2.05) is 44.2 Å². The Hall–Kier alpha value is -3.54. The number of rotatable bonds is 6. The minimum Gasteiger partial charge on any atom is -0.490 e. The number of cyclic esters (lactones) is 1. The van der Waals surface area contributed by atoms with Crippen molar-refractivity contribution in [1.82, 2.24) is 4.57 Å². The summed E-state index contributed by atoms with van der Waals surface area (Å²) in [5.74, 6) is 0.393. The topological polar surface area (TPSA) is 52.8 Å². The third kappa shape index (κ3) is 4.70. The van der Waals surface area contributed by atoms with Crippen LogP contribution in [0, 0.1) is 13.8 Å². The van der Waals surface area contributed by atoms with Crippen molar-refractivity contribution >= 4 is 52.0 Å². The first-order chi connectivity index (χ1) is 16.9. The Morgan fingerprint density at radius 1 is 1.03 bits per heavy atom. The minimum atomic E-state index is -0.462. The molecular weight excluding hydrogens is 483 g/mol. The van der Waals surface area contributed by atoms with Crippen LogP contribution in [0.5, 0.6) is 5.75 Å². The second-order valence-corrected chi connectivity index (χ2v) is 9.14. The molecule has 2 heterocycles. The van der Waals surface area contributed by atoms with E-state index in [1.165, 1.54) is 0 Å². The molecule has 0 radical (unpaired) electrons. The summed E-state index contributed by atoms with van der Waals surface area (Å²) in [5.41, 5.74) is 5.12. The summed E-state index contributed by atoms with van der Waals surface area (Å²) in [7, 11) is 0. The number of carbonyl (C=O) groups excluding carboxylic acids is 1. The number of aromatic nitrogens is 1. The van der Waals surface area contributed by atoms with Crippen molar-refractivity contribution in [1.29, 1.82) is 0 Å². The van der Waals surface area contributed by atoms with Gasteiger partial charge in [0.15, 0.2) is 5.70 Å². The van der Waals surface area contributed by atoms with E-state index in [9.17, 15) is 4.79 Å². The Balaban J connectivity index is 1.49. The Bertz CT molecular complexity index is 1500. The van der Waals surface area contributed by atoms with Gasteiger partial charge in [-0.25, -0.2) is 9.79 Å². The van der Waals surface area contributed by atoms with E-state index in [1.54, 1.807) is 24.3 Å². The molecule has 35 heavy (non-hydrogen) atoms. The molecule has 0 saturated carbocycles. The smallest absolute Gasteiger partial charge is 0.363 e. The van der Waals surface area contributed by atoms with Crippen molar-refractivity contribution in [3.05, 3.63) is 105 Å². The number of carbonyl (C=O) groups is 1. The molecule has 0 atom stereocenters. The zero-order valence-corrected chi connectivity index (χ0v) is 20.7. The summed E-state index contributed by atoms with van der Waals surface area (Å²) in [6, 6.07) is 20.8. The third-order valence-corrected chi connectivity index (χ3v) is 6.46. The quantitative estimate of drug-likeness (QED) is 0.210. The van der Waals surface area contributed by atoms with Gasteiger partial charge in [-0.15, -0.1) is 0 Å². The standard InChI is InChI=1S/C28H22Cl2N2O3/c1-17-8-11-25-22(14-17)21(16-24-28(33)35-27(31-24)19-6-4-3-5-7-19)18(2)32(25)12-13-34-26-15-20(29)9-10-23(26)30/h3-11,14-16H,12-13H2,1-2H3. The number of aliphatic imine (C=N–C) groups is 1. The summed E-state index contributed by atoms with van der Waals surface area (Å²) in [6.07, 6.45) is 1.81. The average Bonchev–Trinajstić information content (AvgIpc) is 3.34. The molecule has 5 nitrogen and oxygen atoms in total. The Labute approximate surface area is 213 Å². The molecule has 0 amide bonds. The Morgan fingerprint density at radius 3 is 2.63 bits per heavy atom. The molecule has 0 N–H and O–H groups in total. The lowest BCUT2D eigenvalue weighted by molar-refractivity contribution is -0.129. The number of nitrogens with zero attached hydrogens (tertiary/aromatic N) is 2. The number of benzene rings is 3. The van der Waals surface area contributed by atoms with Crippen LogP contribution in [0.25, 0.3) is 17.0 Å². The Morgan fingerprint density at radius 2 is 1.83 bits per heavy atom. The van der Waals surface area contributed by atoms with Crippen LogP contribution in [-0.4, -0.2) is 23.0 Å². The van der Waals surface area contributed by atoms with Gasteiger partial charge in [0.2, 0.25) is 5.90 Å². The molecule has 0 unspecified atom stereocenters. The largest absolute Gasteiger partial charge is 0.490 e. The van der Waals surface area contributed by atoms with Crippen molar-refractivity contribution in [2.24, 2.45) is 4.99 Å². The van der Waals surface area contributed by atoms with Gasteiger partial charge in [-0.05, 0) is 56.3 Å². The van der Waals surface area contributed by atoms with Gasteiger partial charge < -0.3 is 14.0 Å². The van der Waals surface area contributed by atoms with Crippen molar-refractivity contribution in [3.63, 3.8) is 0 Å². The van der Waals surface area contributed by atoms with Gasteiger partial charge in [-0.3, -0.25) is 0 Å². The molecule has 1 aliphatic rings. The molecule has 3 aromatic carbocycles. The molecule has 7 heteroatoms. The fourth-order valence-electron chi connectivity index (χ4n) is 4.18. The fourth-order valence-corrected chi connectivity index (χ4v) is 4.51. The van der Waals surface area contributed by atoms with Crippen LogP contribution in [0.4, 0.5) is 0 Å². The van der Waals surface area contributed by atoms with Crippen molar-refractivity contribution in [2.75, 3.05) is 6.61 Å². The van der Waals surface area contributed by atoms with Crippen LogP contribution in [0.1, 0.15) is 22.4 Å². The maximum atomic E-state index is 12.6. The summed E-state index contributed by atoms with van der Waals surface area (Å²) in [5, 5.41) is 2.11. The summed E-state index contributed by atoms with van der Waals surface area (Å²) >= 11 is 12.3. The van der Waals surface area contributed by atoms with E-state index in [4.69, 9.17) is 32.7 Å². The second kappa shape index (κ2) is 9.61. The number of esters is 1. The van der Waals surface area contributed by atoms with Gasteiger partial charge in [0.25, 0.3) is 0 Å². The lowest BCUT2D eigenvalue weighted by Crippen LogP contribution is -2.09. The predicted molar refractivity (Wildman–Crippen MR) is 140 cm³/mol. The van der Waals surface area contributed by atoms with Crippen LogP contribution in [-0.2, 0) is 16.1 Å². The zero-order chi connectivity index (χ0) is 24.5. The second-order valence-electron chi connectivity index (χ2n) is 8.30. The number of hydrogen-bond donors (Lipinski definition) is 0. The van der Waals surface area contributed by atoms with Gasteiger partial charge in [-0.2, -0.15) is 0 Å². The highest BCUT2D eigenvalue weighted by molar-refractivity contribution is 6.34. The van der Waals surface area contributed by atoms with Crippen LogP contribution in [0.2, 0.25) is 10.0 Å². The minimum absolute atomic E-state index is 0.273. The summed E-state index contributed by atoms with van der Waals surface area (Å²) < 4.78 is 13.5. The number of hydrogen-bond acceptors (Lipinski definition) is 4. The van der Waals surface area contributed by atoms with Gasteiger partial charge >= 0.3 is 5.97 Å². The van der Waals surface area contributed by atoms with Gasteiger partial charge in [-0.1, -0.05) is 53.0 Å². The molecule has 0 bridgehead atoms.